The van der Waals surface area contributed by atoms with E-state index in [9.17, 15) is 4.79 Å². The van der Waals surface area contributed by atoms with Gasteiger partial charge >= 0.3 is 6.01 Å². The number of anilines is 2. The molecule has 1 aliphatic rings. The topological polar surface area (TPSA) is 87.6 Å². The molecule has 0 saturated carbocycles. The van der Waals surface area contributed by atoms with Crippen LogP contribution in [0, 0.1) is 0 Å². The molecule has 0 atom stereocenters. The molecule has 3 aromatic rings. The maximum absolute atomic E-state index is 12.8. The fraction of sp³-hybridized carbons (Fsp3) is 0.286. The van der Waals surface area contributed by atoms with Crippen molar-refractivity contribution in [1.82, 2.24) is 25.1 Å². The molecule has 0 radical (unpaired) electrons. The quantitative estimate of drug-likeness (QED) is 0.638. The molecule has 1 fully saturated rings. The van der Waals surface area contributed by atoms with Crippen LogP contribution in [-0.2, 0) is 0 Å². The van der Waals surface area contributed by atoms with Gasteiger partial charge in [0.2, 0.25) is 0 Å². The van der Waals surface area contributed by atoms with Gasteiger partial charge in [0.1, 0.15) is 5.75 Å². The standard InChI is InChI=1S/C21H23N7O2/c1-26(2)18-8-9-19(25-24-18)27-12-14-28(15-13-27)20(29)16-4-6-17(7-5-16)30-21-22-10-3-11-23-21/h3-11H,12-15H2,1-2H3. The molecule has 1 aromatic carbocycles. The lowest BCUT2D eigenvalue weighted by Crippen LogP contribution is -2.49. The SMILES string of the molecule is CN(C)c1ccc(N2CCN(C(=O)c3ccc(Oc4ncccn4)cc3)CC2)nn1. The highest BCUT2D eigenvalue weighted by Crippen LogP contribution is 2.20. The van der Waals surface area contributed by atoms with E-state index < -0.39 is 0 Å². The van der Waals surface area contributed by atoms with E-state index in [0.717, 1.165) is 11.6 Å². The number of carbonyl (C=O) groups excluding carboxylic acids is 1. The molecule has 0 spiro atoms. The van der Waals surface area contributed by atoms with Crippen molar-refractivity contribution in [2.75, 3.05) is 50.1 Å². The number of rotatable bonds is 5. The van der Waals surface area contributed by atoms with E-state index in [-0.39, 0.29) is 11.9 Å². The maximum Gasteiger partial charge on any atom is 0.321 e. The Hall–Kier alpha value is -3.75. The first-order chi connectivity index (χ1) is 14.6. The zero-order valence-corrected chi connectivity index (χ0v) is 17.0. The molecule has 9 heteroatoms. The zero-order chi connectivity index (χ0) is 20.9. The number of hydrogen-bond acceptors (Lipinski definition) is 8. The number of piperazine rings is 1. The van der Waals surface area contributed by atoms with Gasteiger partial charge in [0.15, 0.2) is 11.6 Å². The van der Waals surface area contributed by atoms with Crippen molar-refractivity contribution in [2.24, 2.45) is 0 Å². The second kappa shape index (κ2) is 8.73. The first-order valence-corrected chi connectivity index (χ1v) is 9.70. The minimum atomic E-state index is 0.00574. The molecular formula is C21H23N7O2. The molecule has 154 valence electrons. The molecule has 30 heavy (non-hydrogen) atoms. The predicted octanol–water partition coefficient (Wildman–Crippen LogP) is 2.09. The first-order valence-electron chi connectivity index (χ1n) is 9.70. The van der Waals surface area contributed by atoms with Crippen molar-refractivity contribution in [3.8, 4) is 11.8 Å². The van der Waals surface area contributed by atoms with E-state index >= 15 is 0 Å². The first kappa shape index (κ1) is 19.6. The average molecular weight is 405 g/mol. The van der Waals surface area contributed by atoms with Gasteiger partial charge in [-0.05, 0) is 42.5 Å². The van der Waals surface area contributed by atoms with Crippen molar-refractivity contribution in [1.29, 1.82) is 0 Å². The van der Waals surface area contributed by atoms with E-state index in [1.165, 1.54) is 0 Å². The van der Waals surface area contributed by atoms with Crippen LogP contribution in [0.1, 0.15) is 10.4 Å². The third kappa shape index (κ3) is 4.45. The largest absolute Gasteiger partial charge is 0.424 e. The van der Waals surface area contributed by atoms with Crippen molar-refractivity contribution in [2.45, 2.75) is 0 Å². The van der Waals surface area contributed by atoms with Crippen LogP contribution in [0.5, 0.6) is 11.8 Å². The molecule has 0 bridgehead atoms. The third-order valence-electron chi connectivity index (χ3n) is 4.84. The van der Waals surface area contributed by atoms with Gasteiger partial charge in [-0.3, -0.25) is 4.79 Å². The monoisotopic (exact) mass is 405 g/mol. The fourth-order valence-corrected chi connectivity index (χ4v) is 3.16. The van der Waals surface area contributed by atoms with Crippen molar-refractivity contribution in [3.63, 3.8) is 0 Å². The van der Waals surface area contributed by atoms with Crippen LogP contribution in [0.3, 0.4) is 0 Å². The number of benzene rings is 1. The number of hydrogen-bond donors (Lipinski definition) is 0. The van der Waals surface area contributed by atoms with Crippen LogP contribution in [0.2, 0.25) is 0 Å². The molecule has 4 rings (SSSR count). The summed E-state index contributed by atoms with van der Waals surface area (Å²) in [6.07, 6.45) is 3.23. The molecule has 2 aromatic heterocycles. The van der Waals surface area contributed by atoms with Crippen molar-refractivity contribution in [3.05, 3.63) is 60.4 Å². The summed E-state index contributed by atoms with van der Waals surface area (Å²) in [5.74, 6) is 2.24. The highest BCUT2D eigenvalue weighted by atomic mass is 16.5. The molecule has 1 amide bonds. The lowest BCUT2D eigenvalue weighted by atomic mass is 10.1. The van der Waals surface area contributed by atoms with E-state index in [1.54, 1.807) is 42.7 Å². The summed E-state index contributed by atoms with van der Waals surface area (Å²) in [7, 11) is 3.87. The van der Waals surface area contributed by atoms with E-state index in [0.29, 0.717) is 37.5 Å². The molecule has 1 saturated heterocycles. The minimum Gasteiger partial charge on any atom is -0.424 e. The molecule has 9 nitrogen and oxygen atoms in total. The van der Waals surface area contributed by atoms with Gasteiger partial charge in [-0.1, -0.05) is 0 Å². The van der Waals surface area contributed by atoms with Crippen LogP contribution in [-0.4, -0.2) is 71.2 Å². The Morgan fingerprint density at radius 3 is 2.23 bits per heavy atom. The number of aromatic nitrogens is 4. The summed E-state index contributed by atoms with van der Waals surface area (Å²) < 4.78 is 5.58. The summed E-state index contributed by atoms with van der Waals surface area (Å²) in [6, 6.07) is 12.9. The number of amides is 1. The molecule has 0 N–H and O–H groups in total. The fourth-order valence-electron chi connectivity index (χ4n) is 3.16. The summed E-state index contributed by atoms with van der Waals surface area (Å²) in [6.45, 7) is 2.70. The third-order valence-corrected chi connectivity index (χ3v) is 4.84. The van der Waals surface area contributed by atoms with Gasteiger partial charge in [0.05, 0.1) is 0 Å². The lowest BCUT2D eigenvalue weighted by molar-refractivity contribution is 0.0746. The smallest absolute Gasteiger partial charge is 0.321 e. The van der Waals surface area contributed by atoms with Crippen molar-refractivity contribution < 1.29 is 9.53 Å². The van der Waals surface area contributed by atoms with E-state index in [2.05, 4.69) is 25.1 Å². The molecule has 0 unspecified atom stereocenters. The Kier molecular flexibility index (Phi) is 5.69. The van der Waals surface area contributed by atoms with Crippen LogP contribution in [0.15, 0.2) is 54.9 Å². The normalized spacial score (nSPS) is 13.8. The lowest BCUT2D eigenvalue weighted by Gasteiger charge is -2.35. The minimum absolute atomic E-state index is 0.00574. The Morgan fingerprint density at radius 2 is 1.63 bits per heavy atom. The zero-order valence-electron chi connectivity index (χ0n) is 17.0. The maximum atomic E-state index is 12.8. The second-order valence-electron chi connectivity index (χ2n) is 7.08. The summed E-state index contributed by atoms with van der Waals surface area (Å²) in [4.78, 5) is 26.8. The summed E-state index contributed by atoms with van der Waals surface area (Å²) in [5.41, 5.74) is 0.625. The number of nitrogens with zero attached hydrogens (tertiary/aromatic N) is 7. The van der Waals surface area contributed by atoms with Gasteiger partial charge in [0.25, 0.3) is 5.91 Å². The Balaban J connectivity index is 1.33. The van der Waals surface area contributed by atoms with Gasteiger partial charge in [-0.15, -0.1) is 10.2 Å². The number of ether oxygens (including phenoxy) is 1. The molecule has 1 aliphatic heterocycles. The highest BCUT2D eigenvalue weighted by Gasteiger charge is 2.23. The van der Waals surface area contributed by atoms with E-state index in [1.807, 2.05) is 36.0 Å². The Labute approximate surface area is 174 Å². The molecule has 3 heterocycles. The predicted molar refractivity (Wildman–Crippen MR) is 113 cm³/mol. The molecule has 0 aliphatic carbocycles. The Morgan fingerprint density at radius 1 is 0.933 bits per heavy atom. The summed E-state index contributed by atoms with van der Waals surface area (Å²) in [5, 5.41) is 8.53. The highest BCUT2D eigenvalue weighted by molar-refractivity contribution is 5.94. The second-order valence-corrected chi connectivity index (χ2v) is 7.08. The number of carbonyl (C=O) groups is 1. The van der Waals surface area contributed by atoms with Gasteiger partial charge in [0, 0.05) is 58.2 Å². The summed E-state index contributed by atoms with van der Waals surface area (Å²) >= 11 is 0. The molecular weight excluding hydrogens is 382 g/mol. The van der Waals surface area contributed by atoms with Crippen LogP contribution >= 0.6 is 0 Å². The van der Waals surface area contributed by atoms with Crippen LogP contribution in [0.25, 0.3) is 0 Å². The van der Waals surface area contributed by atoms with Gasteiger partial charge in [-0.25, -0.2) is 9.97 Å². The van der Waals surface area contributed by atoms with Gasteiger partial charge < -0.3 is 19.4 Å². The van der Waals surface area contributed by atoms with E-state index in [4.69, 9.17) is 4.74 Å². The average Bonchev–Trinajstić information content (AvgIpc) is 2.80. The van der Waals surface area contributed by atoms with Crippen LogP contribution < -0.4 is 14.5 Å². The van der Waals surface area contributed by atoms with Crippen LogP contribution in [0.4, 0.5) is 11.6 Å². The van der Waals surface area contributed by atoms with Gasteiger partial charge in [-0.2, -0.15) is 0 Å². The van der Waals surface area contributed by atoms with Crippen molar-refractivity contribution >= 4 is 17.5 Å². The Bertz CT molecular complexity index is 971.